The summed E-state index contributed by atoms with van der Waals surface area (Å²) in [6.07, 6.45) is 0.852. The quantitative estimate of drug-likeness (QED) is 0.805. The highest BCUT2D eigenvalue weighted by Crippen LogP contribution is 2.27. The second kappa shape index (κ2) is 7.24. The molecular formula is C16H20FNO4. The lowest BCUT2D eigenvalue weighted by molar-refractivity contribution is -0.147. The van der Waals surface area contributed by atoms with E-state index in [1.165, 1.54) is 20.3 Å². The van der Waals surface area contributed by atoms with Gasteiger partial charge in [-0.25, -0.2) is 9.18 Å². The van der Waals surface area contributed by atoms with Gasteiger partial charge in [-0.3, -0.25) is 4.79 Å². The number of hydrogen-bond donors (Lipinski definition) is 0. The molecule has 0 radical (unpaired) electrons. The summed E-state index contributed by atoms with van der Waals surface area (Å²) in [4.78, 5) is 25.2. The maximum atomic E-state index is 13.9. The highest BCUT2D eigenvalue weighted by atomic mass is 19.1. The van der Waals surface area contributed by atoms with Crippen molar-refractivity contribution in [3.05, 3.63) is 35.6 Å². The van der Waals surface area contributed by atoms with Crippen LogP contribution in [0, 0.1) is 11.7 Å². The molecule has 1 aromatic carbocycles. The van der Waals surface area contributed by atoms with Crippen molar-refractivity contribution < 1.29 is 23.5 Å². The number of nitrogens with zero attached hydrogens (tertiary/aromatic N) is 1. The number of carbonyl (C=O) groups is 2. The molecule has 1 fully saturated rings. The van der Waals surface area contributed by atoms with Crippen molar-refractivity contribution in [3.63, 3.8) is 0 Å². The Morgan fingerprint density at radius 3 is 2.64 bits per heavy atom. The summed E-state index contributed by atoms with van der Waals surface area (Å²) in [5, 5.41) is 0. The van der Waals surface area contributed by atoms with Gasteiger partial charge < -0.3 is 14.4 Å². The average Bonchev–Trinajstić information content (AvgIpc) is 2.55. The van der Waals surface area contributed by atoms with Gasteiger partial charge in [0.2, 0.25) is 0 Å². The van der Waals surface area contributed by atoms with Crippen LogP contribution in [-0.4, -0.2) is 43.8 Å². The van der Waals surface area contributed by atoms with E-state index in [4.69, 9.17) is 9.47 Å². The fraction of sp³-hybridized carbons (Fsp3) is 0.500. The Bertz CT molecular complexity index is 549. The van der Waals surface area contributed by atoms with Gasteiger partial charge in [-0.2, -0.15) is 0 Å². The molecule has 1 aromatic rings. The van der Waals surface area contributed by atoms with Crippen LogP contribution in [0.1, 0.15) is 18.4 Å². The lowest BCUT2D eigenvalue weighted by Crippen LogP contribution is -2.48. The van der Waals surface area contributed by atoms with Crippen LogP contribution in [-0.2, 0) is 20.7 Å². The molecule has 0 aromatic heterocycles. The van der Waals surface area contributed by atoms with Gasteiger partial charge in [-0.15, -0.1) is 0 Å². The second-order valence-corrected chi connectivity index (χ2v) is 5.36. The summed E-state index contributed by atoms with van der Waals surface area (Å²) in [6.45, 7) is 0.394. The highest BCUT2D eigenvalue weighted by molar-refractivity contribution is 5.73. The summed E-state index contributed by atoms with van der Waals surface area (Å²) in [5.74, 6) is -0.877. The molecule has 6 heteroatoms. The van der Waals surface area contributed by atoms with E-state index in [1.807, 2.05) is 0 Å². The van der Waals surface area contributed by atoms with Crippen LogP contribution in [0.5, 0.6) is 0 Å². The van der Waals surface area contributed by atoms with Crippen molar-refractivity contribution >= 4 is 12.1 Å². The number of rotatable bonds is 3. The third kappa shape index (κ3) is 3.55. The Hall–Kier alpha value is -2.11. The number of piperidine rings is 1. The first-order valence-electron chi connectivity index (χ1n) is 7.22. The summed E-state index contributed by atoms with van der Waals surface area (Å²) >= 11 is 0. The van der Waals surface area contributed by atoms with E-state index in [2.05, 4.69) is 0 Å². The minimum atomic E-state index is -0.454. The minimum absolute atomic E-state index is 0.275. The van der Waals surface area contributed by atoms with Crippen LogP contribution in [0.4, 0.5) is 9.18 Å². The molecule has 0 N–H and O–H groups in total. The highest BCUT2D eigenvalue weighted by Gasteiger charge is 2.36. The Morgan fingerprint density at radius 1 is 1.27 bits per heavy atom. The Morgan fingerprint density at radius 2 is 2.00 bits per heavy atom. The molecule has 22 heavy (non-hydrogen) atoms. The molecule has 1 amide bonds. The molecule has 120 valence electrons. The Labute approximate surface area is 129 Å². The normalized spacial score (nSPS) is 21.3. The fourth-order valence-corrected chi connectivity index (χ4v) is 2.90. The van der Waals surface area contributed by atoms with Gasteiger partial charge in [0.25, 0.3) is 0 Å². The molecule has 0 bridgehead atoms. The number of benzene rings is 1. The van der Waals surface area contributed by atoms with Crippen LogP contribution in [0.25, 0.3) is 0 Å². The molecular weight excluding hydrogens is 289 g/mol. The Balaban J connectivity index is 2.18. The topological polar surface area (TPSA) is 55.8 Å². The van der Waals surface area contributed by atoms with Gasteiger partial charge >= 0.3 is 12.1 Å². The second-order valence-electron chi connectivity index (χ2n) is 5.36. The molecule has 5 nitrogen and oxygen atoms in total. The van der Waals surface area contributed by atoms with Crippen molar-refractivity contribution in [2.75, 3.05) is 20.8 Å². The largest absolute Gasteiger partial charge is 0.469 e. The maximum absolute atomic E-state index is 13.9. The van der Waals surface area contributed by atoms with Gasteiger partial charge in [0, 0.05) is 12.6 Å². The van der Waals surface area contributed by atoms with Crippen LogP contribution in [0.3, 0.4) is 0 Å². The zero-order valence-electron chi connectivity index (χ0n) is 12.8. The average molecular weight is 309 g/mol. The lowest BCUT2D eigenvalue weighted by Gasteiger charge is -2.37. The van der Waals surface area contributed by atoms with Gasteiger partial charge in [-0.1, -0.05) is 18.2 Å². The molecule has 0 saturated carbocycles. The zero-order chi connectivity index (χ0) is 16.1. The third-order valence-electron chi connectivity index (χ3n) is 4.07. The smallest absolute Gasteiger partial charge is 0.409 e. The summed E-state index contributed by atoms with van der Waals surface area (Å²) in [5.41, 5.74) is 0.520. The summed E-state index contributed by atoms with van der Waals surface area (Å²) in [6, 6.07) is 6.16. The number of esters is 1. The van der Waals surface area contributed by atoms with E-state index in [0.29, 0.717) is 31.4 Å². The van der Waals surface area contributed by atoms with E-state index in [1.54, 1.807) is 23.1 Å². The molecule has 1 heterocycles. The number of methoxy groups -OCH3 is 2. The zero-order valence-corrected chi connectivity index (χ0v) is 12.8. The predicted octanol–water partition coefficient (Wildman–Crippen LogP) is 2.39. The molecule has 0 aliphatic carbocycles. The fourth-order valence-electron chi connectivity index (χ4n) is 2.90. The van der Waals surface area contributed by atoms with Gasteiger partial charge in [0.05, 0.1) is 20.1 Å². The number of likely N-dealkylation sites (tertiary alicyclic amines) is 1. The maximum Gasteiger partial charge on any atom is 0.409 e. The van der Waals surface area contributed by atoms with Gasteiger partial charge in [0.15, 0.2) is 0 Å². The van der Waals surface area contributed by atoms with Crippen molar-refractivity contribution in [2.24, 2.45) is 5.92 Å². The predicted molar refractivity (Wildman–Crippen MR) is 77.7 cm³/mol. The van der Waals surface area contributed by atoms with Gasteiger partial charge in [-0.05, 0) is 30.9 Å². The van der Waals surface area contributed by atoms with Gasteiger partial charge in [0.1, 0.15) is 5.82 Å². The van der Waals surface area contributed by atoms with Crippen molar-refractivity contribution in [1.82, 2.24) is 4.90 Å². The molecule has 0 spiro atoms. The molecule has 2 unspecified atom stereocenters. The first kappa shape index (κ1) is 16.3. The first-order chi connectivity index (χ1) is 10.6. The number of carbonyl (C=O) groups excluding carboxylic acids is 2. The van der Waals surface area contributed by atoms with E-state index < -0.39 is 6.09 Å². The SMILES string of the molecule is COC(=O)C1CCN(C(=O)OC)C(Cc2ccccc2F)C1. The third-order valence-corrected chi connectivity index (χ3v) is 4.07. The van der Waals surface area contributed by atoms with E-state index >= 15 is 0 Å². The standard InChI is InChI=1S/C16H20FNO4/c1-21-15(19)12-7-8-18(16(20)22-2)13(10-12)9-11-5-3-4-6-14(11)17/h3-6,12-13H,7-10H2,1-2H3. The molecule has 2 rings (SSSR count). The van der Waals surface area contributed by atoms with Crippen molar-refractivity contribution in [2.45, 2.75) is 25.3 Å². The van der Waals surface area contributed by atoms with E-state index in [0.717, 1.165) is 0 Å². The number of ether oxygens (including phenoxy) is 2. The van der Waals surface area contributed by atoms with Crippen LogP contribution in [0.2, 0.25) is 0 Å². The summed E-state index contributed by atoms with van der Waals surface area (Å²) in [7, 11) is 2.66. The first-order valence-corrected chi connectivity index (χ1v) is 7.22. The molecule has 1 aliphatic heterocycles. The Kier molecular flexibility index (Phi) is 5.35. The van der Waals surface area contributed by atoms with E-state index in [9.17, 15) is 14.0 Å². The molecule has 1 aliphatic rings. The van der Waals surface area contributed by atoms with Crippen LogP contribution >= 0.6 is 0 Å². The number of halogens is 1. The molecule has 1 saturated heterocycles. The number of hydrogen-bond acceptors (Lipinski definition) is 4. The van der Waals surface area contributed by atoms with Crippen molar-refractivity contribution in [1.29, 1.82) is 0 Å². The summed E-state index contributed by atoms with van der Waals surface area (Å²) < 4.78 is 23.4. The monoisotopic (exact) mass is 309 g/mol. The lowest BCUT2D eigenvalue weighted by atomic mass is 9.87. The number of amides is 1. The minimum Gasteiger partial charge on any atom is -0.469 e. The van der Waals surface area contributed by atoms with Crippen LogP contribution < -0.4 is 0 Å². The van der Waals surface area contributed by atoms with Crippen LogP contribution in [0.15, 0.2) is 24.3 Å². The van der Waals surface area contributed by atoms with E-state index in [-0.39, 0.29) is 23.7 Å². The van der Waals surface area contributed by atoms with Crippen molar-refractivity contribution in [3.8, 4) is 0 Å². The molecule has 2 atom stereocenters.